The molecule has 2 heterocycles. The van der Waals surface area contributed by atoms with Gasteiger partial charge in [-0.2, -0.15) is 4.31 Å². The smallest absolute Gasteiger partial charge is 0.268 e. The Morgan fingerprint density at radius 2 is 1.93 bits per heavy atom. The molecule has 0 spiro atoms. The summed E-state index contributed by atoms with van der Waals surface area (Å²) in [6.07, 6.45) is 3.21. The van der Waals surface area contributed by atoms with Crippen molar-refractivity contribution in [1.29, 1.82) is 0 Å². The molecule has 0 atom stereocenters. The summed E-state index contributed by atoms with van der Waals surface area (Å²) in [5, 5.41) is 3.37. The summed E-state index contributed by atoms with van der Waals surface area (Å²) in [4.78, 5) is 12.7. The molecule has 0 radical (unpaired) electrons. The highest BCUT2D eigenvalue weighted by atomic mass is 35.5. The van der Waals surface area contributed by atoms with Gasteiger partial charge in [0.05, 0.1) is 0 Å². The number of hydrogen-bond acceptors (Lipinski definition) is 3. The van der Waals surface area contributed by atoms with Crippen LogP contribution >= 0.6 is 11.6 Å². The van der Waals surface area contributed by atoms with E-state index >= 15 is 0 Å². The lowest BCUT2D eigenvalue weighted by molar-refractivity contribution is 0.0943. The zero-order chi connectivity index (χ0) is 19.6. The van der Waals surface area contributed by atoms with E-state index in [4.69, 9.17) is 11.6 Å². The summed E-state index contributed by atoms with van der Waals surface area (Å²) in [7, 11) is -1.91. The molecule has 1 aromatic carbocycles. The number of aromatic nitrogens is 1. The third-order valence-electron chi connectivity index (χ3n) is 4.99. The average Bonchev–Trinajstić information content (AvgIpc) is 3.04. The maximum atomic E-state index is 12.9. The molecule has 6 nitrogen and oxygen atoms in total. The van der Waals surface area contributed by atoms with Gasteiger partial charge in [0.1, 0.15) is 10.6 Å². The Labute approximate surface area is 165 Å². The van der Waals surface area contributed by atoms with E-state index in [0.29, 0.717) is 29.7 Å². The van der Waals surface area contributed by atoms with Gasteiger partial charge in [0.15, 0.2) is 0 Å². The molecule has 1 aliphatic rings. The zero-order valence-electron chi connectivity index (χ0n) is 15.5. The van der Waals surface area contributed by atoms with Crippen molar-refractivity contribution in [2.24, 2.45) is 13.0 Å². The zero-order valence-corrected chi connectivity index (χ0v) is 17.1. The van der Waals surface area contributed by atoms with Gasteiger partial charge < -0.3 is 9.88 Å². The van der Waals surface area contributed by atoms with Gasteiger partial charge >= 0.3 is 0 Å². The van der Waals surface area contributed by atoms with Gasteiger partial charge in [-0.3, -0.25) is 4.79 Å². The number of carbonyl (C=O) groups is 1. The van der Waals surface area contributed by atoms with Crippen LogP contribution in [0.4, 0.5) is 0 Å². The standard InChI is InChI=1S/C19H24ClN3O3S/c1-14-7-9-23(10-8-14)27(25,26)16-11-18(22(2)13-16)19(24)21-12-15-5-3-4-6-17(15)20/h3-6,11,13-14H,7-10,12H2,1-2H3,(H,21,24). The van der Waals surface area contributed by atoms with Gasteiger partial charge in [0, 0.05) is 37.9 Å². The molecule has 8 heteroatoms. The van der Waals surface area contributed by atoms with Crippen molar-refractivity contribution >= 4 is 27.5 Å². The highest BCUT2D eigenvalue weighted by molar-refractivity contribution is 7.89. The van der Waals surface area contributed by atoms with Crippen LogP contribution in [0.25, 0.3) is 0 Å². The lowest BCUT2D eigenvalue weighted by Crippen LogP contribution is -2.37. The van der Waals surface area contributed by atoms with Crippen LogP contribution in [0.5, 0.6) is 0 Å². The quantitative estimate of drug-likeness (QED) is 0.825. The lowest BCUT2D eigenvalue weighted by Gasteiger charge is -2.29. The predicted molar refractivity (Wildman–Crippen MR) is 105 cm³/mol. The highest BCUT2D eigenvalue weighted by Crippen LogP contribution is 2.24. The largest absolute Gasteiger partial charge is 0.347 e. The Bertz CT molecular complexity index is 931. The van der Waals surface area contributed by atoms with E-state index in [9.17, 15) is 13.2 Å². The molecule has 1 fully saturated rings. The van der Waals surface area contributed by atoms with Crippen molar-refractivity contribution in [2.45, 2.75) is 31.2 Å². The third-order valence-corrected chi connectivity index (χ3v) is 7.22. The minimum Gasteiger partial charge on any atom is -0.347 e. The van der Waals surface area contributed by atoms with E-state index < -0.39 is 10.0 Å². The number of halogens is 1. The van der Waals surface area contributed by atoms with Crippen LogP contribution in [-0.2, 0) is 23.6 Å². The van der Waals surface area contributed by atoms with Crippen molar-refractivity contribution in [2.75, 3.05) is 13.1 Å². The van der Waals surface area contributed by atoms with Crippen LogP contribution in [0, 0.1) is 5.92 Å². The van der Waals surface area contributed by atoms with Crippen LogP contribution in [-0.4, -0.2) is 36.3 Å². The third kappa shape index (κ3) is 4.36. The summed E-state index contributed by atoms with van der Waals surface area (Å²) in [5.74, 6) is 0.199. The van der Waals surface area contributed by atoms with Crippen LogP contribution in [0.3, 0.4) is 0 Å². The van der Waals surface area contributed by atoms with Crippen LogP contribution in [0.1, 0.15) is 35.8 Å². The Kier molecular flexibility index (Phi) is 5.93. The molecular weight excluding hydrogens is 386 g/mol. The molecule has 1 saturated heterocycles. The number of amides is 1. The predicted octanol–water partition coefficient (Wildman–Crippen LogP) is 3.03. The fraction of sp³-hybridized carbons (Fsp3) is 0.421. The van der Waals surface area contributed by atoms with E-state index in [-0.39, 0.29) is 17.3 Å². The number of rotatable bonds is 5. The van der Waals surface area contributed by atoms with Gasteiger partial charge in [0.25, 0.3) is 5.91 Å². The van der Waals surface area contributed by atoms with Crippen molar-refractivity contribution in [3.8, 4) is 0 Å². The first-order valence-corrected chi connectivity index (χ1v) is 10.8. The Morgan fingerprint density at radius 1 is 1.26 bits per heavy atom. The summed E-state index contributed by atoms with van der Waals surface area (Å²) in [6, 6.07) is 8.70. The molecular formula is C19H24ClN3O3S. The molecule has 1 N–H and O–H groups in total. The fourth-order valence-corrected chi connectivity index (χ4v) is 4.93. The number of nitrogens with zero attached hydrogens (tertiary/aromatic N) is 2. The second-order valence-corrected chi connectivity index (χ2v) is 9.38. The van der Waals surface area contributed by atoms with Crippen LogP contribution in [0.2, 0.25) is 5.02 Å². The molecule has 0 unspecified atom stereocenters. The fourth-order valence-electron chi connectivity index (χ4n) is 3.18. The van der Waals surface area contributed by atoms with Gasteiger partial charge in [-0.05, 0) is 36.5 Å². The molecule has 1 aliphatic heterocycles. The first-order valence-electron chi connectivity index (χ1n) is 8.97. The first kappa shape index (κ1) is 19.9. The molecule has 3 rings (SSSR count). The summed E-state index contributed by atoms with van der Waals surface area (Å²) < 4.78 is 28.8. The molecule has 146 valence electrons. The molecule has 1 amide bonds. The summed E-state index contributed by atoms with van der Waals surface area (Å²) in [5.41, 5.74) is 1.10. The number of benzene rings is 1. The van der Waals surface area contributed by atoms with Gasteiger partial charge in [0.2, 0.25) is 10.0 Å². The monoisotopic (exact) mass is 409 g/mol. The maximum absolute atomic E-state index is 12.9. The second kappa shape index (κ2) is 8.04. The van der Waals surface area contributed by atoms with Gasteiger partial charge in [-0.25, -0.2) is 8.42 Å². The van der Waals surface area contributed by atoms with E-state index in [2.05, 4.69) is 12.2 Å². The van der Waals surface area contributed by atoms with E-state index in [1.54, 1.807) is 17.7 Å². The van der Waals surface area contributed by atoms with Crippen LogP contribution < -0.4 is 5.32 Å². The van der Waals surface area contributed by atoms with Gasteiger partial charge in [-0.15, -0.1) is 0 Å². The Hall–Kier alpha value is -1.83. The van der Waals surface area contributed by atoms with Gasteiger partial charge in [-0.1, -0.05) is 36.7 Å². The van der Waals surface area contributed by atoms with E-state index in [0.717, 1.165) is 18.4 Å². The molecule has 0 bridgehead atoms. The SMILES string of the molecule is CC1CCN(S(=O)(=O)c2cc(C(=O)NCc3ccccc3Cl)n(C)c2)CC1. The number of sulfonamides is 1. The minimum atomic E-state index is -3.58. The van der Waals surface area contributed by atoms with Crippen molar-refractivity contribution < 1.29 is 13.2 Å². The van der Waals surface area contributed by atoms with Crippen LogP contribution in [0.15, 0.2) is 41.4 Å². The number of nitrogens with one attached hydrogen (secondary N) is 1. The first-order chi connectivity index (χ1) is 12.8. The Morgan fingerprint density at radius 3 is 2.59 bits per heavy atom. The molecule has 1 aromatic heterocycles. The van der Waals surface area contributed by atoms with E-state index in [1.165, 1.54) is 16.6 Å². The lowest BCUT2D eigenvalue weighted by atomic mass is 10.0. The number of aryl methyl sites for hydroxylation is 1. The van der Waals surface area contributed by atoms with E-state index in [1.807, 2.05) is 18.2 Å². The van der Waals surface area contributed by atoms with Crippen molar-refractivity contribution in [3.05, 3.63) is 52.8 Å². The molecule has 27 heavy (non-hydrogen) atoms. The topological polar surface area (TPSA) is 71.4 Å². The molecule has 0 aliphatic carbocycles. The second-order valence-electron chi connectivity index (χ2n) is 7.03. The highest BCUT2D eigenvalue weighted by Gasteiger charge is 2.30. The number of piperidine rings is 1. The van der Waals surface area contributed by atoms with Crippen molar-refractivity contribution in [1.82, 2.24) is 14.2 Å². The summed E-state index contributed by atoms with van der Waals surface area (Å²) in [6.45, 7) is 3.45. The number of hydrogen-bond donors (Lipinski definition) is 1. The summed E-state index contributed by atoms with van der Waals surface area (Å²) >= 11 is 6.10. The van der Waals surface area contributed by atoms with Crippen molar-refractivity contribution in [3.63, 3.8) is 0 Å². The number of carbonyl (C=O) groups excluding carboxylic acids is 1. The Balaban J connectivity index is 1.73. The normalized spacial score (nSPS) is 16.4. The molecule has 0 saturated carbocycles. The average molecular weight is 410 g/mol. The molecule has 2 aromatic rings. The minimum absolute atomic E-state index is 0.155. The maximum Gasteiger partial charge on any atom is 0.268 e.